The van der Waals surface area contributed by atoms with Gasteiger partial charge in [-0.2, -0.15) is 0 Å². The monoisotopic (exact) mass is 1240 g/mol. The average Bonchev–Trinajstić information content (AvgIpc) is 3.51. The summed E-state index contributed by atoms with van der Waals surface area (Å²) < 4.78 is 67.9. The summed E-state index contributed by atoms with van der Waals surface area (Å²) in [7, 11) is -9.88. The van der Waals surface area contributed by atoms with Gasteiger partial charge in [-0.3, -0.25) is 37.3 Å². The maximum absolute atomic E-state index is 13.0. The molecule has 0 rings (SSSR count). The molecule has 17 nitrogen and oxygen atoms in total. The fourth-order valence-electron chi connectivity index (χ4n) is 9.62. The zero-order valence-corrected chi connectivity index (χ0v) is 56.1. The first-order valence-corrected chi connectivity index (χ1v) is 36.9. The van der Waals surface area contributed by atoms with Gasteiger partial charge in [0.05, 0.1) is 26.4 Å². The van der Waals surface area contributed by atoms with Gasteiger partial charge >= 0.3 is 39.5 Å². The van der Waals surface area contributed by atoms with Crippen LogP contribution in [0.5, 0.6) is 0 Å². The Morgan fingerprint density at radius 1 is 0.345 bits per heavy atom. The van der Waals surface area contributed by atoms with Crippen molar-refractivity contribution in [1.29, 1.82) is 0 Å². The lowest BCUT2D eigenvalue weighted by Crippen LogP contribution is -2.30. The number of carbonyl (C=O) groups is 4. The van der Waals surface area contributed by atoms with Crippen molar-refractivity contribution in [3.8, 4) is 0 Å². The highest BCUT2D eigenvalue weighted by Crippen LogP contribution is 2.45. The second kappa shape index (κ2) is 56.3. The van der Waals surface area contributed by atoms with E-state index in [9.17, 15) is 43.2 Å². The number of carbonyl (C=O) groups excluding carboxylic acids is 4. The van der Waals surface area contributed by atoms with Crippen LogP contribution in [0.2, 0.25) is 0 Å². The standard InChI is InChI=1S/C65H126O17P2/c1-8-10-11-29-39-46-62(67)75-52-60(81-65(70)49-42-35-28-22-24-31-37-44-57(5)6)54-79-83(71,72)77-50-59(66)51-78-84(73,74)80-55-61(53-76-63(68)47-40-33-26-20-17-16-19-25-32-38-45-58(7)9-2)82-64(69)48-41-34-27-21-15-13-12-14-18-23-30-36-43-56(3)4/h56-61,66H,8-55H2,1-7H3,(H,71,72)(H,73,74)/t58?,59-,60+,61+/m0/s1. The predicted molar refractivity (Wildman–Crippen MR) is 335 cm³/mol. The molecule has 0 aliphatic carbocycles. The van der Waals surface area contributed by atoms with Gasteiger partial charge in [-0.15, -0.1) is 0 Å². The van der Waals surface area contributed by atoms with Crippen molar-refractivity contribution >= 4 is 39.5 Å². The lowest BCUT2D eigenvalue weighted by atomic mass is 9.99. The first kappa shape index (κ1) is 82.1. The van der Waals surface area contributed by atoms with Crippen LogP contribution in [0, 0.1) is 17.8 Å². The summed E-state index contributed by atoms with van der Waals surface area (Å²) in [4.78, 5) is 72.0. The Morgan fingerprint density at radius 3 is 0.905 bits per heavy atom. The Kier molecular flexibility index (Phi) is 55.0. The van der Waals surface area contributed by atoms with Gasteiger partial charge < -0.3 is 33.8 Å². The Morgan fingerprint density at radius 2 is 0.607 bits per heavy atom. The molecule has 0 aliphatic heterocycles. The van der Waals surface area contributed by atoms with E-state index in [4.69, 9.17) is 37.0 Å². The van der Waals surface area contributed by atoms with E-state index in [1.807, 2.05) is 0 Å². The van der Waals surface area contributed by atoms with Gasteiger partial charge in [-0.05, 0) is 43.4 Å². The normalized spacial score (nSPS) is 14.7. The molecule has 0 saturated carbocycles. The Hall–Kier alpha value is -1.94. The van der Waals surface area contributed by atoms with E-state index >= 15 is 0 Å². The third kappa shape index (κ3) is 57.8. The van der Waals surface area contributed by atoms with Crippen molar-refractivity contribution in [3.63, 3.8) is 0 Å². The van der Waals surface area contributed by atoms with Crippen LogP contribution >= 0.6 is 15.6 Å². The molecule has 498 valence electrons. The third-order valence-electron chi connectivity index (χ3n) is 15.2. The first-order valence-electron chi connectivity index (χ1n) is 33.9. The number of hydrogen-bond acceptors (Lipinski definition) is 15. The first-order chi connectivity index (χ1) is 40.3. The fourth-order valence-corrected chi connectivity index (χ4v) is 11.2. The van der Waals surface area contributed by atoms with Crippen LogP contribution in [-0.4, -0.2) is 96.7 Å². The highest BCUT2D eigenvalue weighted by atomic mass is 31.2. The molecular formula is C65H126O17P2. The maximum Gasteiger partial charge on any atom is 0.472 e. The van der Waals surface area contributed by atoms with Crippen molar-refractivity contribution in [3.05, 3.63) is 0 Å². The molecule has 0 saturated heterocycles. The van der Waals surface area contributed by atoms with Crippen molar-refractivity contribution in [2.24, 2.45) is 17.8 Å². The minimum Gasteiger partial charge on any atom is -0.462 e. The Labute approximate surface area is 511 Å². The number of ether oxygens (including phenoxy) is 4. The second-order valence-corrected chi connectivity index (χ2v) is 27.6. The van der Waals surface area contributed by atoms with Crippen LogP contribution < -0.4 is 0 Å². The van der Waals surface area contributed by atoms with Gasteiger partial charge in [0.2, 0.25) is 0 Å². The number of phosphoric acid groups is 2. The number of hydrogen-bond donors (Lipinski definition) is 3. The van der Waals surface area contributed by atoms with Crippen LogP contribution in [0.25, 0.3) is 0 Å². The average molecular weight is 1240 g/mol. The lowest BCUT2D eigenvalue weighted by molar-refractivity contribution is -0.161. The van der Waals surface area contributed by atoms with Crippen LogP contribution in [0.3, 0.4) is 0 Å². The number of aliphatic hydroxyl groups excluding tert-OH is 1. The molecule has 6 atom stereocenters. The van der Waals surface area contributed by atoms with E-state index < -0.39 is 97.5 Å². The Balaban J connectivity index is 5.19. The lowest BCUT2D eigenvalue weighted by Gasteiger charge is -2.21. The summed E-state index contributed by atoms with van der Waals surface area (Å²) in [6.07, 6.45) is 37.9. The Bertz CT molecular complexity index is 1670. The van der Waals surface area contributed by atoms with E-state index in [1.54, 1.807) is 0 Å². The summed E-state index contributed by atoms with van der Waals surface area (Å²) >= 11 is 0. The van der Waals surface area contributed by atoms with Crippen LogP contribution in [-0.2, 0) is 65.4 Å². The largest absolute Gasteiger partial charge is 0.472 e. The fraction of sp³-hybridized carbons (Fsp3) is 0.938. The number of aliphatic hydroxyl groups is 1. The van der Waals surface area contributed by atoms with Crippen molar-refractivity contribution < 1.29 is 80.2 Å². The van der Waals surface area contributed by atoms with E-state index in [-0.39, 0.29) is 25.7 Å². The number of esters is 4. The molecule has 0 spiro atoms. The number of rotatable bonds is 63. The molecule has 0 bridgehead atoms. The van der Waals surface area contributed by atoms with Crippen LogP contribution in [0.4, 0.5) is 0 Å². The van der Waals surface area contributed by atoms with Crippen LogP contribution in [0.1, 0.15) is 318 Å². The molecule has 0 aromatic rings. The highest BCUT2D eigenvalue weighted by Gasteiger charge is 2.30. The number of unbranched alkanes of at least 4 members (excludes halogenated alkanes) is 30. The van der Waals surface area contributed by atoms with E-state index in [1.165, 1.54) is 122 Å². The zero-order valence-electron chi connectivity index (χ0n) is 54.4. The van der Waals surface area contributed by atoms with Crippen LogP contribution in [0.15, 0.2) is 0 Å². The minimum atomic E-state index is -4.95. The molecule has 0 aliphatic rings. The van der Waals surface area contributed by atoms with E-state index in [2.05, 4.69) is 48.5 Å². The molecular weight excluding hydrogens is 1110 g/mol. The van der Waals surface area contributed by atoms with E-state index in [0.717, 1.165) is 108 Å². The van der Waals surface area contributed by atoms with E-state index in [0.29, 0.717) is 31.6 Å². The minimum absolute atomic E-state index is 0.102. The summed E-state index contributed by atoms with van der Waals surface area (Å²) in [6.45, 7) is 11.7. The van der Waals surface area contributed by atoms with Gasteiger partial charge in [-0.25, -0.2) is 9.13 Å². The van der Waals surface area contributed by atoms with Gasteiger partial charge in [0.25, 0.3) is 0 Å². The van der Waals surface area contributed by atoms with Gasteiger partial charge in [0, 0.05) is 25.7 Å². The highest BCUT2D eigenvalue weighted by molar-refractivity contribution is 7.47. The zero-order chi connectivity index (χ0) is 62.4. The van der Waals surface area contributed by atoms with Crippen molar-refractivity contribution in [2.75, 3.05) is 39.6 Å². The summed E-state index contributed by atoms with van der Waals surface area (Å²) in [5.74, 6) is 0.136. The van der Waals surface area contributed by atoms with Crippen molar-refractivity contribution in [2.45, 2.75) is 336 Å². The molecule has 84 heavy (non-hydrogen) atoms. The SMILES string of the molecule is CCCCCCCC(=O)OC[C@H](COP(=O)(O)OC[C@H](O)COP(=O)(O)OC[C@@H](COC(=O)CCCCCCCCCCCCC(C)CC)OC(=O)CCCCCCCCCCCCCCC(C)C)OC(=O)CCCCCCCCCC(C)C. The second-order valence-electron chi connectivity index (χ2n) is 24.7. The molecule has 3 unspecified atom stereocenters. The van der Waals surface area contributed by atoms with Crippen molar-refractivity contribution in [1.82, 2.24) is 0 Å². The molecule has 19 heteroatoms. The third-order valence-corrected chi connectivity index (χ3v) is 17.1. The van der Waals surface area contributed by atoms with Gasteiger partial charge in [0.1, 0.15) is 19.3 Å². The number of phosphoric ester groups is 2. The van der Waals surface area contributed by atoms with Gasteiger partial charge in [0.15, 0.2) is 12.2 Å². The maximum atomic E-state index is 13.0. The molecule has 0 aromatic heterocycles. The molecule has 0 amide bonds. The molecule has 0 fully saturated rings. The summed E-state index contributed by atoms with van der Waals surface area (Å²) in [5.41, 5.74) is 0. The topological polar surface area (TPSA) is 237 Å². The molecule has 3 N–H and O–H groups in total. The molecule has 0 aromatic carbocycles. The molecule has 0 heterocycles. The smallest absolute Gasteiger partial charge is 0.462 e. The molecule has 0 radical (unpaired) electrons. The summed E-state index contributed by atoms with van der Waals surface area (Å²) in [5, 5.41) is 10.5. The summed E-state index contributed by atoms with van der Waals surface area (Å²) in [6, 6.07) is 0. The van der Waals surface area contributed by atoms with Gasteiger partial charge in [-0.1, -0.05) is 267 Å². The quantitative estimate of drug-likeness (QED) is 0.0222. The predicted octanol–water partition coefficient (Wildman–Crippen LogP) is 17.9.